The molecule has 4 aliphatic heterocycles. The molecule has 5 N–H and O–H groups in total. The first kappa shape index (κ1) is 43.9. The van der Waals surface area contributed by atoms with Crippen molar-refractivity contribution >= 4 is 47.2 Å². The van der Waals surface area contributed by atoms with Crippen LogP contribution in [0.5, 0.6) is 0 Å². The van der Waals surface area contributed by atoms with Gasteiger partial charge in [-0.25, -0.2) is 18.4 Å². The number of ether oxygens (including phenoxy) is 2. The van der Waals surface area contributed by atoms with Crippen molar-refractivity contribution in [2.45, 2.75) is 102 Å². The molecule has 0 aromatic heterocycles. The summed E-state index contributed by atoms with van der Waals surface area (Å²) in [6.07, 6.45) is -3.19. The second-order valence-electron chi connectivity index (χ2n) is 16.2. The Kier molecular flexibility index (Phi) is 13.4. The standard InChI is InChI=1S/C41H51F2N7O10/c1-20-10-32-40(57)60-24(5)34(47-35(52)30(14-25-12-26(42)15-27(43)13-25)46-41(58)45-28-7-6-21(2)22(3)11-28)39(56)50-18-29(51)16-31(50)38(55)48-8-9-59-19-33(48)36(53)44-23(4)37(54)49(32)17-20/h6-7,11-13,15,20,23-24,29-34,51H,8-10,14,16-19H2,1-5H3,(H,44,53)(H,47,52)(H2,45,46,58)/t20-,23+,24+,29-,30+,31+,32+,33+,34+/m1/s1. The molecule has 0 saturated carbocycles. The van der Waals surface area contributed by atoms with Gasteiger partial charge in [-0.05, 0) is 81.0 Å². The summed E-state index contributed by atoms with van der Waals surface area (Å²) in [6.45, 7) is 7.91. The lowest BCUT2D eigenvalue weighted by Gasteiger charge is -2.39. The molecule has 0 radical (unpaired) electrons. The van der Waals surface area contributed by atoms with E-state index in [1.54, 1.807) is 18.2 Å². The van der Waals surface area contributed by atoms with Crippen molar-refractivity contribution in [1.29, 1.82) is 0 Å². The van der Waals surface area contributed by atoms with Crippen LogP contribution in [0.25, 0.3) is 0 Å². The summed E-state index contributed by atoms with van der Waals surface area (Å²) in [7, 11) is 0. The fraction of sp³-hybridized carbons (Fsp3) is 0.537. The lowest BCUT2D eigenvalue weighted by atomic mass is 10.0. The molecule has 4 saturated heterocycles. The van der Waals surface area contributed by atoms with E-state index in [1.807, 2.05) is 20.8 Å². The van der Waals surface area contributed by atoms with Crippen molar-refractivity contribution in [2.75, 3.05) is 38.2 Å². The van der Waals surface area contributed by atoms with Crippen LogP contribution in [0.2, 0.25) is 0 Å². The molecule has 9 atom stereocenters. The Bertz CT molecular complexity index is 2020. The van der Waals surface area contributed by atoms with E-state index in [0.717, 1.165) is 28.2 Å². The molecule has 0 bridgehead atoms. The number of hydrogen-bond acceptors (Lipinski definition) is 10. The molecule has 17 nitrogen and oxygen atoms in total. The zero-order valence-corrected chi connectivity index (χ0v) is 34.0. The Labute approximate surface area is 345 Å². The van der Waals surface area contributed by atoms with E-state index in [2.05, 4.69) is 21.3 Å². The number of benzene rings is 2. The third kappa shape index (κ3) is 9.84. The Morgan fingerprint density at radius 1 is 0.867 bits per heavy atom. The fourth-order valence-corrected chi connectivity index (χ4v) is 8.16. The third-order valence-electron chi connectivity index (χ3n) is 11.4. The number of cyclic esters (lactones) is 1. The number of aliphatic hydroxyl groups excluding tert-OH is 1. The summed E-state index contributed by atoms with van der Waals surface area (Å²) in [5, 5.41) is 21.2. The lowest BCUT2D eigenvalue weighted by molar-refractivity contribution is -0.164. The molecule has 60 heavy (non-hydrogen) atoms. The Morgan fingerprint density at radius 2 is 1.57 bits per heavy atom. The van der Waals surface area contributed by atoms with E-state index in [1.165, 1.54) is 23.6 Å². The van der Waals surface area contributed by atoms with Crippen LogP contribution < -0.4 is 21.3 Å². The van der Waals surface area contributed by atoms with Gasteiger partial charge in [0.15, 0.2) is 0 Å². The van der Waals surface area contributed by atoms with E-state index in [9.17, 15) is 47.4 Å². The summed E-state index contributed by atoms with van der Waals surface area (Å²) in [5.41, 5.74) is 2.19. The van der Waals surface area contributed by atoms with E-state index in [-0.39, 0.29) is 57.2 Å². The second-order valence-corrected chi connectivity index (χ2v) is 16.2. The third-order valence-corrected chi connectivity index (χ3v) is 11.4. The molecule has 2 aromatic rings. The van der Waals surface area contributed by atoms with Gasteiger partial charge in [0.2, 0.25) is 29.5 Å². The minimum atomic E-state index is -1.77. The van der Waals surface area contributed by atoms with E-state index in [0.29, 0.717) is 11.8 Å². The Hall–Kier alpha value is -5.69. The first-order chi connectivity index (χ1) is 28.4. The molecular weight excluding hydrogens is 788 g/mol. The van der Waals surface area contributed by atoms with Crippen molar-refractivity contribution in [2.24, 2.45) is 5.92 Å². The average molecular weight is 840 g/mol. The molecule has 324 valence electrons. The largest absolute Gasteiger partial charge is 0.458 e. The highest BCUT2D eigenvalue weighted by atomic mass is 19.1. The van der Waals surface area contributed by atoms with Crippen LogP contribution in [0.4, 0.5) is 19.3 Å². The summed E-state index contributed by atoms with van der Waals surface area (Å²) in [6, 6.07) is -1.30. The molecule has 4 heterocycles. The van der Waals surface area contributed by atoms with E-state index in [4.69, 9.17) is 9.47 Å². The Balaban J connectivity index is 1.36. The van der Waals surface area contributed by atoms with E-state index < -0.39 is 108 Å². The van der Waals surface area contributed by atoms with Crippen LogP contribution in [0.15, 0.2) is 36.4 Å². The number of hydrogen-bond donors (Lipinski definition) is 5. The van der Waals surface area contributed by atoms with Gasteiger partial charge in [0.1, 0.15) is 54.0 Å². The molecule has 6 rings (SSSR count). The van der Waals surface area contributed by atoms with Gasteiger partial charge in [0.05, 0.1) is 19.3 Å². The average Bonchev–Trinajstić information content (AvgIpc) is 3.78. The van der Waals surface area contributed by atoms with Gasteiger partial charge in [-0.1, -0.05) is 13.0 Å². The van der Waals surface area contributed by atoms with Crippen molar-refractivity contribution < 1.29 is 56.9 Å². The topological polar surface area (TPSA) is 216 Å². The second kappa shape index (κ2) is 18.3. The number of halogens is 2. The monoisotopic (exact) mass is 839 g/mol. The number of amides is 7. The number of anilines is 1. The van der Waals surface area contributed by atoms with Crippen LogP contribution in [0.3, 0.4) is 0 Å². The molecule has 0 unspecified atom stereocenters. The van der Waals surface area contributed by atoms with Gasteiger partial charge >= 0.3 is 12.0 Å². The highest BCUT2D eigenvalue weighted by Gasteiger charge is 2.49. The summed E-state index contributed by atoms with van der Waals surface area (Å²) in [5.74, 6) is -6.91. The van der Waals surface area contributed by atoms with Crippen molar-refractivity contribution in [3.63, 3.8) is 0 Å². The van der Waals surface area contributed by atoms with Crippen molar-refractivity contribution in [3.05, 3.63) is 64.7 Å². The van der Waals surface area contributed by atoms with E-state index >= 15 is 0 Å². The number of carbonyl (C=O) groups excluding carboxylic acids is 7. The molecule has 19 heteroatoms. The number of carbonyl (C=O) groups is 7. The summed E-state index contributed by atoms with van der Waals surface area (Å²) >= 11 is 0. The molecule has 0 aliphatic carbocycles. The number of morpholine rings is 1. The van der Waals surface area contributed by atoms with Gasteiger partial charge in [0, 0.05) is 44.2 Å². The molecule has 7 amide bonds. The smallest absolute Gasteiger partial charge is 0.329 e. The van der Waals surface area contributed by atoms with Crippen LogP contribution in [0.1, 0.15) is 50.3 Å². The highest BCUT2D eigenvalue weighted by molar-refractivity contribution is 5.99. The number of aliphatic hydroxyl groups is 1. The lowest BCUT2D eigenvalue weighted by Crippen LogP contribution is -2.64. The number of nitrogens with zero attached hydrogens (tertiary/aromatic N) is 3. The predicted octanol–water partition coefficient (Wildman–Crippen LogP) is 0.675. The number of urea groups is 1. The minimum Gasteiger partial charge on any atom is -0.458 e. The molecule has 4 aliphatic rings. The zero-order valence-electron chi connectivity index (χ0n) is 34.0. The quantitative estimate of drug-likeness (QED) is 0.257. The molecular formula is C41H51F2N7O10. The summed E-state index contributed by atoms with van der Waals surface area (Å²) < 4.78 is 40.1. The van der Waals surface area contributed by atoms with Crippen LogP contribution in [-0.2, 0) is 44.7 Å². The fourth-order valence-electron chi connectivity index (χ4n) is 8.16. The maximum atomic E-state index is 14.7. The highest BCUT2D eigenvalue weighted by Crippen LogP contribution is 2.28. The number of rotatable bonds is 6. The number of aryl methyl sites for hydroxylation is 2. The van der Waals surface area contributed by atoms with Crippen molar-refractivity contribution in [1.82, 2.24) is 30.7 Å². The maximum Gasteiger partial charge on any atom is 0.329 e. The Morgan fingerprint density at radius 3 is 2.27 bits per heavy atom. The number of fused-ring (bicyclic) bond motifs is 3. The first-order valence-corrected chi connectivity index (χ1v) is 20.0. The summed E-state index contributed by atoms with van der Waals surface area (Å²) in [4.78, 5) is 102. The van der Waals surface area contributed by atoms with Gasteiger partial charge in [-0.2, -0.15) is 0 Å². The van der Waals surface area contributed by atoms with Gasteiger partial charge in [0.25, 0.3) is 0 Å². The van der Waals surface area contributed by atoms with Gasteiger partial charge < -0.3 is 50.5 Å². The molecule has 2 aromatic carbocycles. The van der Waals surface area contributed by atoms with Crippen molar-refractivity contribution in [3.8, 4) is 0 Å². The first-order valence-electron chi connectivity index (χ1n) is 20.0. The number of esters is 1. The van der Waals surface area contributed by atoms with Crippen LogP contribution in [-0.4, -0.2) is 143 Å². The minimum absolute atomic E-state index is 0.0188. The SMILES string of the molecule is Cc1ccc(NC(=O)N[C@@H](Cc2cc(F)cc(F)c2)C(=O)N[C@@H]2C(=O)N3C[C@H](O)C[C@H]3C(=O)N3CCOC[C@H]3C(=O)N[C@@H](C)C(=O)N3C[C@H](C)C[C@H]3C(=O)O[C@H]2C)cc1C. The van der Waals surface area contributed by atoms with Crippen LogP contribution >= 0.6 is 0 Å². The predicted molar refractivity (Wildman–Crippen MR) is 209 cm³/mol. The number of nitrogens with one attached hydrogen (secondary N) is 4. The van der Waals surface area contributed by atoms with Gasteiger partial charge in [-0.3, -0.25) is 24.0 Å². The molecule has 0 spiro atoms. The van der Waals surface area contributed by atoms with Crippen LogP contribution in [0, 0.1) is 31.4 Å². The normalized spacial score (nSPS) is 28.3. The molecule has 4 fully saturated rings. The van der Waals surface area contributed by atoms with Gasteiger partial charge in [-0.15, -0.1) is 0 Å². The zero-order chi connectivity index (χ0) is 43.6. The maximum absolute atomic E-state index is 14.7.